The lowest BCUT2D eigenvalue weighted by Crippen LogP contribution is -2.18. The van der Waals surface area contributed by atoms with Gasteiger partial charge in [0.1, 0.15) is 0 Å². The van der Waals surface area contributed by atoms with Gasteiger partial charge in [0.15, 0.2) is 16.1 Å². The van der Waals surface area contributed by atoms with Crippen molar-refractivity contribution >= 4 is 61.4 Å². The lowest BCUT2D eigenvalue weighted by molar-refractivity contribution is -0.113. The third-order valence-electron chi connectivity index (χ3n) is 5.07. The van der Waals surface area contributed by atoms with Crippen molar-refractivity contribution in [3.63, 3.8) is 0 Å². The molecule has 11 heteroatoms. The Balaban J connectivity index is 1.25. The Morgan fingerprint density at radius 2 is 2.21 bits per heavy atom. The fraction of sp³-hybridized carbons (Fsp3) is 0.273. The number of nitrogens with one attached hydrogen (secondary N) is 1. The molecule has 0 spiro atoms. The summed E-state index contributed by atoms with van der Waals surface area (Å²) in [5, 5.41) is 16.9. The molecule has 1 amide bonds. The molecule has 170 valence electrons. The first kappa shape index (κ1) is 22.7. The van der Waals surface area contributed by atoms with Gasteiger partial charge in [-0.1, -0.05) is 45.9 Å². The molecular weight excluding hydrogens is 542 g/mol. The molecule has 1 fully saturated rings. The number of thiophene rings is 1. The molecule has 0 radical (unpaired) electrons. The molecule has 4 heterocycles. The van der Waals surface area contributed by atoms with E-state index in [0.717, 1.165) is 51.0 Å². The van der Waals surface area contributed by atoms with E-state index in [1.807, 2.05) is 47.2 Å². The second kappa shape index (κ2) is 10.5. The van der Waals surface area contributed by atoms with Gasteiger partial charge in [-0.2, -0.15) is 0 Å². The Hall–Kier alpha value is -2.05. The molecule has 1 atom stereocenters. The number of anilines is 1. The number of halogens is 1. The minimum absolute atomic E-state index is 0.125. The van der Waals surface area contributed by atoms with E-state index in [2.05, 4.69) is 41.0 Å². The number of aromatic nitrogens is 4. The smallest absolute Gasteiger partial charge is 0.236 e. The van der Waals surface area contributed by atoms with Gasteiger partial charge < -0.3 is 10.1 Å². The van der Waals surface area contributed by atoms with Gasteiger partial charge in [-0.3, -0.25) is 9.36 Å². The molecule has 0 saturated carbocycles. The summed E-state index contributed by atoms with van der Waals surface area (Å²) >= 11 is 7.90. The van der Waals surface area contributed by atoms with Crippen LogP contribution < -0.4 is 5.32 Å². The molecule has 0 unspecified atom stereocenters. The molecular formula is C22H20BrN5O2S3. The van der Waals surface area contributed by atoms with Crippen LogP contribution in [0.15, 0.2) is 56.8 Å². The Kier molecular flexibility index (Phi) is 7.21. The zero-order valence-electron chi connectivity index (χ0n) is 17.4. The highest BCUT2D eigenvalue weighted by Crippen LogP contribution is 2.30. The summed E-state index contributed by atoms with van der Waals surface area (Å²) in [5.41, 5.74) is 1.83. The van der Waals surface area contributed by atoms with E-state index in [4.69, 9.17) is 4.74 Å². The molecule has 0 aliphatic carbocycles. The van der Waals surface area contributed by atoms with E-state index >= 15 is 0 Å². The van der Waals surface area contributed by atoms with Crippen molar-refractivity contribution in [2.45, 2.75) is 30.6 Å². The van der Waals surface area contributed by atoms with Crippen molar-refractivity contribution in [3.8, 4) is 22.0 Å². The molecule has 33 heavy (non-hydrogen) atoms. The molecule has 0 bridgehead atoms. The topological polar surface area (TPSA) is 81.9 Å². The predicted molar refractivity (Wildman–Crippen MR) is 137 cm³/mol. The number of thioether (sulfide) groups is 1. The largest absolute Gasteiger partial charge is 0.376 e. The second-order valence-electron chi connectivity index (χ2n) is 7.41. The lowest BCUT2D eigenvalue weighted by atomic mass is 10.2. The highest BCUT2D eigenvalue weighted by atomic mass is 79.9. The highest BCUT2D eigenvalue weighted by molar-refractivity contribution is 9.10. The van der Waals surface area contributed by atoms with Crippen LogP contribution in [0.1, 0.15) is 12.8 Å². The van der Waals surface area contributed by atoms with Gasteiger partial charge >= 0.3 is 0 Å². The Labute approximate surface area is 211 Å². The van der Waals surface area contributed by atoms with Crippen LogP contribution in [0.3, 0.4) is 0 Å². The first-order chi connectivity index (χ1) is 16.2. The van der Waals surface area contributed by atoms with Crippen LogP contribution in [0, 0.1) is 0 Å². The van der Waals surface area contributed by atoms with Gasteiger partial charge in [-0.25, -0.2) is 4.98 Å². The molecule has 1 N–H and O–H groups in total. The van der Waals surface area contributed by atoms with Crippen molar-refractivity contribution in [2.75, 3.05) is 17.7 Å². The third-order valence-corrected chi connectivity index (χ3v) is 8.16. The molecule has 1 aromatic carbocycles. The fourth-order valence-corrected chi connectivity index (χ4v) is 6.14. The average molecular weight is 563 g/mol. The van der Waals surface area contributed by atoms with Crippen molar-refractivity contribution in [1.29, 1.82) is 0 Å². The number of hydrogen-bond donors (Lipinski definition) is 1. The summed E-state index contributed by atoms with van der Waals surface area (Å²) < 4.78 is 8.90. The quantitative estimate of drug-likeness (QED) is 0.273. The van der Waals surface area contributed by atoms with Gasteiger partial charge in [-0.05, 0) is 36.4 Å². The van der Waals surface area contributed by atoms with Crippen LogP contribution in [-0.4, -0.2) is 44.1 Å². The summed E-state index contributed by atoms with van der Waals surface area (Å²) in [6.45, 7) is 1.48. The van der Waals surface area contributed by atoms with Crippen molar-refractivity contribution in [2.24, 2.45) is 0 Å². The van der Waals surface area contributed by atoms with Crippen LogP contribution >= 0.6 is 50.4 Å². The minimum atomic E-state index is -0.125. The van der Waals surface area contributed by atoms with Gasteiger partial charge in [0, 0.05) is 22.0 Å². The third kappa shape index (κ3) is 5.55. The number of rotatable bonds is 8. The molecule has 1 saturated heterocycles. The van der Waals surface area contributed by atoms with E-state index in [1.54, 1.807) is 11.3 Å². The highest BCUT2D eigenvalue weighted by Gasteiger charge is 2.22. The maximum absolute atomic E-state index is 12.6. The van der Waals surface area contributed by atoms with E-state index in [0.29, 0.717) is 11.7 Å². The number of ether oxygens (including phenoxy) is 1. The Morgan fingerprint density at radius 1 is 1.27 bits per heavy atom. The van der Waals surface area contributed by atoms with Gasteiger partial charge in [0.25, 0.3) is 0 Å². The number of amides is 1. The average Bonchev–Trinajstić information content (AvgIpc) is 3.60. The molecule has 1 aliphatic heterocycles. The number of nitrogens with zero attached hydrogens (tertiary/aromatic N) is 4. The first-order valence-corrected chi connectivity index (χ1v) is 13.9. The van der Waals surface area contributed by atoms with E-state index in [9.17, 15) is 4.79 Å². The zero-order chi connectivity index (χ0) is 22.6. The monoisotopic (exact) mass is 561 g/mol. The second-order valence-corrected chi connectivity index (χ2v) is 11.1. The predicted octanol–water partition coefficient (Wildman–Crippen LogP) is 5.80. The number of hydrogen-bond acceptors (Lipinski definition) is 8. The van der Waals surface area contributed by atoms with Gasteiger partial charge in [-0.15, -0.1) is 32.9 Å². The van der Waals surface area contributed by atoms with E-state index < -0.39 is 0 Å². The summed E-state index contributed by atoms with van der Waals surface area (Å²) in [6.07, 6.45) is 2.25. The normalized spacial score (nSPS) is 15.7. The van der Waals surface area contributed by atoms with Crippen molar-refractivity contribution in [3.05, 3.63) is 51.6 Å². The standard InChI is InChI=1S/C22H20BrN5O2S3/c23-15-5-1-4-14(10-15)17-12-32-21(24-17)25-19(29)13-33-22-27-26-20(18-7-3-9-31-18)28(22)11-16-6-2-8-30-16/h1,3-5,7,9-10,12,16H,2,6,8,11,13H2,(H,24,25,29)/t16-/m0/s1. The summed E-state index contributed by atoms with van der Waals surface area (Å²) in [5.74, 6) is 0.918. The molecule has 3 aromatic heterocycles. The molecule has 4 aromatic rings. The number of carbonyl (C=O) groups excluding carboxylic acids is 1. The lowest BCUT2D eigenvalue weighted by Gasteiger charge is -2.14. The number of carbonyl (C=O) groups is 1. The first-order valence-electron chi connectivity index (χ1n) is 10.4. The number of thiazole rings is 1. The van der Waals surface area contributed by atoms with E-state index in [-0.39, 0.29) is 17.8 Å². The van der Waals surface area contributed by atoms with Crippen LogP contribution in [-0.2, 0) is 16.1 Å². The fourth-order valence-electron chi connectivity index (χ4n) is 3.54. The van der Waals surface area contributed by atoms with Crippen LogP contribution in [0.25, 0.3) is 22.0 Å². The SMILES string of the molecule is O=C(CSc1nnc(-c2cccs2)n1C[C@@H]1CCCO1)Nc1nc(-c2cccc(Br)c2)cs1. The maximum atomic E-state index is 12.6. The molecule has 5 rings (SSSR count). The molecule has 7 nitrogen and oxygen atoms in total. The Bertz CT molecular complexity index is 1230. The number of benzene rings is 1. The van der Waals surface area contributed by atoms with E-state index in [1.165, 1.54) is 23.1 Å². The zero-order valence-corrected chi connectivity index (χ0v) is 21.5. The van der Waals surface area contributed by atoms with Crippen LogP contribution in [0.5, 0.6) is 0 Å². The summed E-state index contributed by atoms with van der Waals surface area (Å²) in [4.78, 5) is 18.2. The van der Waals surface area contributed by atoms with Gasteiger partial charge in [0.05, 0.1) is 29.0 Å². The summed E-state index contributed by atoms with van der Waals surface area (Å²) in [6, 6.07) is 12.0. The Morgan fingerprint density at radius 3 is 3.00 bits per heavy atom. The minimum Gasteiger partial charge on any atom is -0.376 e. The van der Waals surface area contributed by atoms with Crippen LogP contribution in [0.4, 0.5) is 5.13 Å². The maximum Gasteiger partial charge on any atom is 0.236 e. The van der Waals surface area contributed by atoms with Crippen molar-refractivity contribution in [1.82, 2.24) is 19.7 Å². The van der Waals surface area contributed by atoms with Crippen LogP contribution in [0.2, 0.25) is 0 Å². The van der Waals surface area contributed by atoms with Crippen molar-refractivity contribution < 1.29 is 9.53 Å². The molecule has 1 aliphatic rings. The summed E-state index contributed by atoms with van der Waals surface area (Å²) in [7, 11) is 0. The van der Waals surface area contributed by atoms with Gasteiger partial charge in [0.2, 0.25) is 5.91 Å².